The SMILES string of the molecule is CCOC(=O)c1ccc(N2CCN(CC)CC2)c(NC(=O)c2ccc([N+](=O)[O-])o2)c1. The van der Waals surface area contributed by atoms with Gasteiger partial charge in [0.2, 0.25) is 0 Å². The second kappa shape index (κ2) is 9.40. The fourth-order valence-corrected chi connectivity index (χ4v) is 3.29. The van der Waals surface area contributed by atoms with Crippen LogP contribution in [-0.2, 0) is 4.74 Å². The summed E-state index contributed by atoms with van der Waals surface area (Å²) in [5, 5.41) is 13.5. The molecular weight excluding hydrogens is 392 g/mol. The Bertz CT molecular complexity index is 933. The Morgan fingerprint density at radius 2 is 1.90 bits per heavy atom. The number of carbonyl (C=O) groups excluding carboxylic acids is 2. The van der Waals surface area contributed by atoms with Crippen molar-refractivity contribution < 1.29 is 23.7 Å². The van der Waals surface area contributed by atoms with Crippen molar-refractivity contribution in [3.63, 3.8) is 0 Å². The highest BCUT2D eigenvalue weighted by molar-refractivity contribution is 6.05. The molecule has 1 N–H and O–H groups in total. The van der Waals surface area contributed by atoms with E-state index in [1.807, 2.05) is 0 Å². The lowest BCUT2D eigenvalue weighted by molar-refractivity contribution is -0.402. The molecule has 1 aliphatic heterocycles. The molecule has 2 heterocycles. The van der Waals surface area contributed by atoms with Crippen molar-refractivity contribution in [1.82, 2.24) is 4.90 Å². The number of rotatable bonds is 7. The number of amides is 1. The highest BCUT2D eigenvalue weighted by Crippen LogP contribution is 2.29. The molecule has 1 aliphatic rings. The van der Waals surface area contributed by atoms with E-state index in [4.69, 9.17) is 9.15 Å². The zero-order chi connectivity index (χ0) is 21.7. The van der Waals surface area contributed by atoms with Crippen LogP contribution < -0.4 is 10.2 Å². The number of hydrogen-bond acceptors (Lipinski definition) is 8. The third-order valence-corrected chi connectivity index (χ3v) is 4.91. The van der Waals surface area contributed by atoms with Crippen LogP contribution >= 0.6 is 0 Å². The number of furan rings is 1. The molecule has 1 amide bonds. The lowest BCUT2D eigenvalue weighted by Crippen LogP contribution is -2.46. The van der Waals surface area contributed by atoms with Crippen LogP contribution in [0.15, 0.2) is 34.7 Å². The van der Waals surface area contributed by atoms with Crippen molar-refractivity contribution in [2.75, 3.05) is 49.5 Å². The third kappa shape index (κ3) is 4.77. The minimum Gasteiger partial charge on any atom is -0.462 e. The van der Waals surface area contributed by atoms with Gasteiger partial charge in [0.1, 0.15) is 4.92 Å². The maximum absolute atomic E-state index is 12.6. The van der Waals surface area contributed by atoms with E-state index in [0.29, 0.717) is 11.3 Å². The van der Waals surface area contributed by atoms with Crippen LogP contribution in [-0.4, -0.2) is 61.0 Å². The molecule has 1 aromatic heterocycles. The Morgan fingerprint density at radius 3 is 2.50 bits per heavy atom. The second-order valence-corrected chi connectivity index (χ2v) is 6.72. The lowest BCUT2D eigenvalue weighted by Gasteiger charge is -2.36. The average molecular weight is 416 g/mol. The van der Waals surface area contributed by atoms with Crippen molar-refractivity contribution in [1.29, 1.82) is 0 Å². The minimum atomic E-state index is -0.712. The predicted molar refractivity (Wildman–Crippen MR) is 110 cm³/mol. The number of nitrogens with one attached hydrogen (secondary N) is 1. The Labute approximate surface area is 173 Å². The van der Waals surface area contributed by atoms with Crippen molar-refractivity contribution >= 4 is 29.1 Å². The van der Waals surface area contributed by atoms with E-state index in [1.54, 1.807) is 25.1 Å². The molecule has 0 spiro atoms. The van der Waals surface area contributed by atoms with Crippen LogP contribution in [0.1, 0.15) is 34.8 Å². The average Bonchev–Trinajstić information content (AvgIpc) is 3.25. The maximum atomic E-state index is 12.6. The van der Waals surface area contributed by atoms with Crippen LogP contribution in [0.3, 0.4) is 0 Å². The molecule has 0 aliphatic carbocycles. The molecular formula is C20H24N4O6. The molecule has 3 rings (SSSR count). The monoisotopic (exact) mass is 416 g/mol. The van der Waals surface area contributed by atoms with Gasteiger partial charge in [0.25, 0.3) is 5.91 Å². The van der Waals surface area contributed by atoms with Crippen molar-refractivity contribution in [3.8, 4) is 0 Å². The highest BCUT2D eigenvalue weighted by Gasteiger charge is 2.23. The maximum Gasteiger partial charge on any atom is 0.433 e. The smallest absolute Gasteiger partial charge is 0.433 e. The Hall–Kier alpha value is -3.40. The van der Waals surface area contributed by atoms with Gasteiger partial charge in [-0.25, -0.2) is 4.79 Å². The Morgan fingerprint density at radius 1 is 1.17 bits per heavy atom. The molecule has 1 saturated heterocycles. The van der Waals surface area contributed by atoms with Gasteiger partial charge in [0.05, 0.1) is 29.6 Å². The number of likely N-dealkylation sites (N-methyl/N-ethyl adjacent to an activating group) is 1. The van der Waals surface area contributed by atoms with Crippen LogP contribution in [0.5, 0.6) is 0 Å². The topological polar surface area (TPSA) is 118 Å². The lowest BCUT2D eigenvalue weighted by atomic mass is 10.1. The van der Waals surface area contributed by atoms with E-state index in [9.17, 15) is 19.7 Å². The quantitative estimate of drug-likeness (QED) is 0.416. The fourth-order valence-electron chi connectivity index (χ4n) is 3.29. The molecule has 1 fully saturated rings. The molecule has 30 heavy (non-hydrogen) atoms. The van der Waals surface area contributed by atoms with E-state index in [2.05, 4.69) is 22.0 Å². The van der Waals surface area contributed by atoms with Crippen molar-refractivity contribution in [2.45, 2.75) is 13.8 Å². The first kappa shape index (κ1) is 21.3. The highest BCUT2D eigenvalue weighted by atomic mass is 16.6. The molecule has 10 heteroatoms. The summed E-state index contributed by atoms with van der Waals surface area (Å²) in [6.45, 7) is 8.32. The summed E-state index contributed by atoms with van der Waals surface area (Å²) in [5.41, 5.74) is 1.47. The molecule has 10 nitrogen and oxygen atoms in total. The van der Waals surface area contributed by atoms with Crippen molar-refractivity contribution in [3.05, 3.63) is 51.8 Å². The summed E-state index contributed by atoms with van der Waals surface area (Å²) in [7, 11) is 0. The third-order valence-electron chi connectivity index (χ3n) is 4.91. The first-order valence-electron chi connectivity index (χ1n) is 9.77. The number of anilines is 2. The van der Waals surface area contributed by atoms with Crippen molar-refractivity contribution in [2.24, 2.45) is 0 Å². The number of piperazine rings is 1. The molecule has 0 saturated carbocycles. The van der Waals surface area contributed by atoms with E-state index in [1.165, 1.54) is 6.07 Å². The van der Waals surface area contributed by atoms with Gasteiger partial charge in [0, 0.05) is 26.2 Å². The van der Waals surface area contributed by atoms with Crippen LogP contribution in [0.4, 0.5) is 17.3 Å². The number of ether oxygens (including phenoxy) is 1. The molecule has 0 atom stereocenters. The van der Waals surface area contributed by atoms with Gasteiger partial charge in [0.15, 0.2) is 5.76 Å². The number of hydrogen-bond donors (Lipinski definition) is 1. The van der Waals surface area contributed by atoms with Gasteiger partial charge >= 0.3 is 11.9 Å². The van der Waals surface area contributed by atoms with E-state index >= 15 is 0 Å². The largest absolute Gasteiger partial charge is 0.462 e. The summed E-state index contributed by atoms with van der Waals surface area (Å²) in [6.07, 6.45) is 0. The standard InChI is InChI=1S/C20H24N4O6/c1-3-22-9-11-23(12-10-22)16-6-5-14(20(26)29-4-2)13-15(16)21-19(25)17-7-8-18(30-17)24(27)28/h5-8,13H,3-4,9-12H2,1-2H3,(H,21,25). The molecule has 1 aromatic carbocycles. The summed E-state index contributed by atoms with van der Waals surface area (Å²) < 4.78 is 10.0. The van der Waals surface area contributed by atoms with E-state index in [0.717, 1.165) is 44.5 Å². The molecule has 0 unspecified atom stereocenters. The van der Waals surface area contributed by atoms with Gasteiger partial charge in [-0.05, 0) is 37.7 Å². The Kier molecular flexibility index (Phi) is 6.68. The zero-order valence-corrected chi connectivity index (χ0v) is 16.9. The minimum absolute atomic E-state index is 0.190. The number of benzene rings is 1. The summed E-state index contributed by atoms with van der Waals surface area (Å²) in [4.78, 5) is 39.3. The zero-order valence-electron chi connectivity index (χ0n) is 16.9. The van der Waals surface area contributed by atoms with Gasteiger partial charge in [-0.3, -0.25) is 14.9 Å². The number of nitrogens with zero attached hydrogens (tertiary/aromatic N) is 3. The molecule has 2 aromatic rings. The van der Waals surface area contributed by atoms with Crippen LogP contribution in [0.25, 0.3) is 0 Å². The number of carbonyl (C=O) groups is 2. The first-order chi connectivity index (χ1) is 14.4. The summed E-state index contributed by atoms with van der Waals surface area (Å²) >= 11 is 0. The Balaban J connectivity index is 1.88. The normalized spacial score (nSPS) is 14.4. The number of nitro groups is 1. The molecule has 0 bridgehead atoms. The van der Waals surface area contributed by atoms with Gasteiger partial charge in [-0.1, -0.05) is 6.92 Å². The molecule has 160 valence electrons. The summed E-state index contributed by atoms with van der Waals surface area (Å²) in [6, 6.07) is 7.34. The fraction of sp³-hybridized carbons (Fsp3) is 0.400. The predicted octanol–water partition coefficient (Wildman–Crippen LogP) is 2.76. The summed E-state index contributed by atoms with van der Waals surface area (Å²) in [5.74, 6) is -1.84. The van der Waals surface area contributed by atoms with Gasteiger partial charge in [-0.15, -0.1) is 0 Å². The van der Waals surface area contributed by atoms with Gasteiger partial charge < -0.3 is 24.3 Å². The van der Waals surface area contributed by atoms with Crippen LogP contribution in [0, 0.1) is 10.1 Å². The number of esters is 1. The molecule has 0 radical (unpaired) electrons. The second-order valence-electron chi connectivity index (χ2n) is 6.72. The van der Waals surface area contributed by atoms with Gasteiger partial charge in [-0.2, -0.15) is 0 Å². The van der Waals surface area contributed by atoms with E-state index < -0.39 is 22.7 Å². The van der Waals surface area contributed by atoms with E-state index in [-0.39, 0.29) is 12.4 Å². The van der Waals surface area contributed by atoms with Crippen LogP contribution in [0.2, 0.25) is 0 Å². The first-order valence-corrected chi connectivity index (χ1v) is 9.77.